The molecule has 1 aliphatic rings. The Balaban J connectivity index is 2.46. The molecule has 0 bridgehead atoms. The summed E-state index contributed by atoms with van der Waals surface area (Å²) in [5, 5.41) is 0. The van der Waals surface area contributed by atoms with Crippen molar-refractivity contribution < 1.29 is 0 Å². The summed E-state index contributed by atoms with van der Waals surface area (Å²) in [6.45, 7) is 2.35. The van der Waals surface area contributed by atoms with Gasteiger partial charge in [-0.3, -0.25) is 0 Å². The van der Waals surface area contributed by atoms with Crippen LogP contribution in [-0.2, 0) is 0 Å². The van der Waals surface area contributed by atoms with E-state index in [1.54, 1.807) is 5.57 Å². The normalized spacial score (nSPS) is 23.4. The minimum atomic E-state index is 0.935. The van der Waals surface area contributed by atoms with E-state index >= 15 is 0 Å². The maximum absolute atomic E-state index is 2.46. The molecular weight excluding hydrogens is 124 g/mol. The van der Waals surface area contributed by atoms with Crippen molar-refractivity contribution in [1.29, 1.82) is 0 Å². The van der Waals surface area contributed by atoms with E-state index < -0.39 is 0 Å². The van der Waals surface area contributed by atoms with Crippen molar-refractivity contribution in [1.82, 2.24) is 0 Å². The first-order chi connectivity index (χ1) is 4.30. The van der Waals surface area contributed by atoms with Crippen molar-refractivity contribution in [3.8, 4) is 0 Å². The molecule has 0 amide bonds. The van der Waals surface area contributed by atoms with Crippen molar-refractivity contribution >= 4 is 10.2 Å². The standard InChI is InChI=1S/C8H16Si/c1-7(9)8-5-3-2-4-6-8/h5,7H,2-4,6H2,1,9H3. The molecule has 0 aromatic rings. The minimum Gasteiger partial charge on any atom is -0.0854 e. The minimum absolute atomic E-state index is 0.935. The molecule has 0 nitrogen and oxygen atoms in total. The molecule has 0 N–H and O–H groups in total. The summed E-state index contributed by atoms with van der Waals surface area (Å²) >= 11 is 0. The van der Waals surface area contributed by atoms with Crippen LogP contribution in [0.1, 0.15) is 32.6 Å². The predicted octanol–water partition coefficient (Wildman–Crippen LogP) is 1.66. The van der Waals surface area contributed by atoms with Gasteiger partial charge in [0.25, 0.3) is 0 Å². The number of hydrogen-bond acceptors (Lipinski definition) is 0. The molecule has 1 rings (SSSR count). The molecule has 1 heteroatoms. The largest absolute Gasteiger partial charge is 0.0854 e. The van der Waals surface area contributed by atoms with Crippen molar-refractivity contribution in [2.24, 2.45) is 0 Å². The maximum atomic E-state index is 2.46. The van der Waals surface area contributed by atoms with Gasteiger partial charge in [-0.2, -0.15) is 0 Å². The summed E-state index contributed by atoms with van der Waals surface area (Å²) in [6.07, 6.45) is 8.07. The van der Waals surface area contributed by atoms with Crippen LogP contribution in [0.4, 0.5) is 0 Å². The molecular formula is C8H16Si. The van der Waals surface area contributed by atoms with Crippen LogP contribution in [0.2, 0.25) is 5.54 Å². The van der Waals surface area contributed by atoms with E-state index in [2.05, 4.69) is 13.0 Å². The molecule has 52 valence electrons. The van der Waals surface area contributed by atoms with Gasteiger partial charge >= 0.3 is 0 Å². The summed E-state index contributed by atoms with van der Waals surface area (Å²) < 4.78 is 0. The summed E-state index contributed by atoms with van der Waals surface area (Å²) in [5.41, 5.74) is 2.68. The van der Waals surface area contributed by atoms with Crippen molar-refractivity contribution in [2.45, 2.75) is 38.1 Å². The third-order valence-corrected chi connectivity index (χ3v) is 2.81. The van der Waals surface area contributed by atoms with E-state index in [0.717, 1.165) is 5.54 Å². The van der Waals surface area contributed by atoms with Gasteiger partial charge < -0.3 is 0 Å². The lowest BCUT2D eigenvalue weighted by atomic mass is 9.98. The van der Waals surface area contributed by atoms with E-state index in [4.69, 9.17) is 0 Å². The van der Waals surface area contributed by atoms with Gasteiger partial charge in [-0.1, -0.05) is 18.6 Å². The number of allylic oxidation sites excluding steroid dienone is 2. The lowest BCUT2D eigenvalue weighted by Crippen LogP contribution is -1.96. The first-order valence-corrected chi connectivity index (χ1v) is 5.15. The van der Waals surface area contributed by atoms with Gasteiger partial charge in [0, 0.05) is 10.2 Å². The first-order valence-electron chi connectivity index (χ1n) is 3.99. The predicted molar refractivity (Wildman–Crippen MR) is 45.9 cm³/mol. The quantitative estimate of drug-likeness (QED) is 0.384. The maximum Gasteiger partial charge on any atom is 0.0115 e. The Morgan fingerprint density at radius 2 is 2.33 bits per heavy atom. The highest BCUT2D eigenvalue weighted by Crippen LogP contribution is 2.24. The van der Waals surface area contributed by atoms with Gasteiger partial charge in [0.2, 0.25) is 0 Å². The summed E-state index contributed by atoms with van der Waals surface area (Å²) in [6, 6.07) is 0. The summed E-state index contributed by atoms with van der Waals surface area (Å²) in [7, 11) is 1.34. The van der Waals surface area contributed by atoms with Crippen LogP contribution in [0.25, 0.3) is 0 Å². The number of hydrogen-bond donors (Lipinski definition) is 0. The molecule has 1 aliphatic carbocycles. The van der Waals surface area contributed by atoms with E-state index in [0.29, 0.717) is 0 Å². The highest BCUT2D eigenvalue weighted by molar-refractivity contribution is 6.13. The summed E-state index contributed by atoms with van der Waals surface area (Å²) in [5.74, 6) is 0. The fourth-order valence-electron chi connectivity index (χ4n) is 1.39. The fraction of sp³-hybridized carbons (Fsp3) is 0.750. The van der Waals surface area contributed by atoms with Crippen LogP contribution in [-0.4, -0.2) is 10.2 Å². The zero-order valence-electron chi connectivity index (χ0n) is 6.48. The van der Waals surface area contributed by atoms with Crippen LogP contribution in [0.15, 0.2) is 11.6 Å². The van der Waals surface area contributed by atoms with Gasteiger partial charge in [-0.05, 0) is 31.2 Å². The average molecular weight is 140 g/mol. The fourth-order valence-corrected chi connectivity index (χ4v) is 1.91. The number of rotatable bonds is 1. The Kier molecular flexibility index (Phi) is 2.52. The van der Waals surface area contributed by atoms with E-state index in [1.807, 2.05) is 0 Å². The zero-order chi connectivity index (χ0) is 6.69. The van der Waals surface area contributed by atoms with E-state index in [9.17, 15) is 0 Å². The molecule has 0 aromatic carbocycles. The second-order valence-corrected chi connectivity index (χ2v) is 4.91. The topological polar surface area (TPSA) is 0 Å². The third-order valence-electron chi connectivity index (χ3n) is 2.07. The second-order valence-electron chi connectivity index (χ2n) is 3.18. The molecule has 9 heavy (non-hydrogen) atoms. The van der Waals surface area contributed by atoms with Crippen molar-refractivity contribution in [3.63, 3.8) is 0 Å². The molecule has 1 atom stereocenters. The Hall–Kier alpha value is -0.0431. The molecule has 0 radical (unpaired) electrons. The Labute approximate surface area is 60.8 Å². The molecule has 0 spiro atoms. The van der Waals surface area contributed by atoms with Crippen molar-refractivity contribution in [3.05, 3.63) is 11.6 Å². The second kappa shape index (κ2) is 3.21. The first kappa shape index (κ1) is 7.07. The van der Waals surface area contributed by atoms with Crippen LogP contribution in [0.3, 0.4) is 0 Å². The molecule has 0 aromatic heterocycles. The summed E-state index contributed by atoms with van der Waals surface area (Å²) in [4.78, 5) is 0. The average Bonchev–Trinajstić information content (AvgIpc) is 1.90. The smallest absolute Gasteiger partial charge is 0.0115 e. The Morgan fingerprint density at radius 1 is 1.56 bits per heavy atom. The monoisotopic (exact) mass is 140 g/mol. The zero-order valence-corrected chi connectivity index (χ0v) is 8.48. The molecule has 1 unspecified atom stereocenters. The Morgan fingerprint density at radius 3 is 2.67 bits per heavy atom. The van der Waals surface area contributed by atoms with Gasteiger partial charge in [0.1, 0.15) is 0 Å². The van der Waals surface area contributed by atoms with Crippen LogP contribution in [0, 0.1) is 0 Å². The molecule has 0 heterocycles. The van der Waals surface area contributed by atoms with E-state index in [1.165, 1.54) is 35.9 Å². The lowest BCUT2D eigenvalue weighted by molar-refractivity contribution is 0.684. The molecule has 0 fully saturated rings. The van der Waals surface area contributed by atoms with E-state index in [-0.39, 0.29) is 0 Å². The van der Waals surface area contributed by atoms with Gasteiger partial charge in [-0.25, -0.2) is 0 Å². The van der Waals surface area contributed by atoms with Crippen LogP contribution >= 0.6 is 0 Å². The van der Waals surface area contributed by atoms with Crippen LogP contribution in [0.5, 0.6) is 0 Å². The SMILES string of the molecule is CC([SiH3])C1=CCCCC1. The lowest BCUT2D eigenvalue weighted by Gasteiger charge is -2.15. The van der Waals surface area contributed by atoms with Gasteiger partial charge in [0.15, 0.2) is 0 Å². The third kappa shape index (κ3) is 1.97. The molecule has 0 aliphatic heterocycles. The highest BCUT2D eigenvalue weighted by atomic mass is 28.1. The molecule has 0 saturated heterocycles. The van der Waals surface area contributed by atoms with Crippen LogP contribution < -0.4 is 0 Å². The van der Waals surface area contributed by atoms with Gasteiger partial charge in [-0.15, -0.1) is 0 Å². The Bertz CT molecular complexity index is 114. The highest BCUT2D eigenvalue weighted by Gasteiger charge is 2.05. The van der Waals surface area contributed by atoms with Crippen molar-refractivity contribution in [2.75, 3.05) is 0 Å². The molecule has 0 saturated carbocycles. The van der Waals surface area contributed by atoms with Gasteiger partial charge in [0.05, 0.1) is 0 Å².